The first-order chi connectivity index (χ1) is 8.10. The van der Waals surface area contributed by atoms with Crippen LogP contribution in [0.25, 0.3) is 0 Å². The van der Waals surface area contributed by atoms with Crippen molar-refractivity contribution in [1.29, 1.82) is 0 Å². The first kappa shape index (κ1) is 12.6. The van der Waals surface area contributed by atoms with Crippen LogP contribution in [0.15, 0.2) is 4.52 Å². The molecule has 1 N–H and O–H groups in total. The Hall–Kier alpha value is -0.900. The van der Waals surface area contributed by atoms with Crippen LogP contribution in [0.3, 0.4) is 0 Å². The molecule has 3 atom stereocenters. The van der Waals surface area contributed by atoms with E-state index in [0.717, 1.165) is 30.5 Å². The van der Waals surface area contributed by atoms with Crippen LogP contribution in [0, 0.1) is 11.8 Å². The lowest BCUT2D eigenvalue weighted by Gasteiger charge is -2.15. The van der Waals surface area contributed by atoms with E-state index < -0.39 is 0 Å². The van der Waals surface area contributed by atoms with Gasteiger partial charge in [-0.3, -0.25) is 0 Å². The smallest absolute Gasteiger partial charge is 0.228 e. The zero-order chi connectivity index (χ0) is 12.4. The molecule has 1 aromatic heterocycles. The fourth-order valence-electron chi connectivity index (χ4n) is 2.27. The van der Waals surface area contributed by atoms with Crippen LogP contribution < -0.4 is 5.32 Å². The molecule has 0 amide bonds. The average molecular weight is 237 g/mol. The molecule has 4 heteroatoms. The Bertz CT molecular complexity index is 361. The zero-order valence-electron chi connectivity index (χ0n) is 11.2. The van der Waals surface area contributed by atoms with E-state index in [1.165, 1.54) is 6.42 Å². The van der Waals surface area contributed by atoms with Gasteiger partial charge in [0.1, 0.15) is 0 Å². The number of rotatable bonds is 6. The summed E-state index contributed by atoms with van der Waals surface area (Å²) in [5, 5.41) is 7.40. The molecule has 0 bridgehead atoms. The maximum Gasteiger partial charge on any atom is 0.228 e. The van der Waals surface area contributed by atoms with Gasteiger partial charge < -0.3 is 9.84 Å². The number of nitrogens with zero attached hydrogens (tertiary/aromatic N) is 2. The van der Waals surface area contributed by atoms with E-state index in [1.54, 1.807) is 0 Å². The molecule has 17 heavy (non-hydrogen) atoms. The number of hydrogen-bond donors (Lipinski definition) is 1. The van der Waals surface area contributed by atoms with Gasteiger partial charge in [-0.05, 0) is 31.7 Å². The minimum atomic E-state index is 0.430. The normalized spacial score (nSPS) is 25.2. The summed E-state index contributed by atoms with van der Waals surface area (Å²) in [5.74, 6) is 3.64. The number of hydrogen-bond acceptors (Lipinski definition) is 4. The van der Waals surface area contributed by atoms with Gasteiger partial charge in [-0.15, -0.1) is 0 Å². The Balaban J connectivity index is 1.91. The zero-order valence-corrected chi connectivity index (χ0v) is 11.2. The van der Waals surface area contributed by atoms with Crippen LogP contribution in [0.1, 0.15) is 51.2 Å². The Labute approximate surface area is 103 Å². The van der Waals surface area contributed by atoms with Crippen LogP contribution in [0.5, 0.6) is 0 Å². The van der Waals surface area contributed by atoms with E-state index >= 15 is 0 Å². The number of aromatic nitrogens is 2. The lowest BCUT2D eigenvalue weighted by Crippen LogP contribution is -2.29. The van der Waals surface area contributed by atoms with Gasteiger partial charge in [0.25, 0.3) is 0 Å². The first-order valence-corrected chi connectivity index (χ1v) is 6.60. The molecule has 0 aromatic carbocycles. The van der Waals surface area contributed by atoms with E-state index in [0.29, 0.717) is 17.9 Å². The van der Waals surface area contributed by atoms with Crippen LogP contribution in [-0.4, -0.2) is 23.2 Å². The summed E-state index contributed by atoms with van der Waals surface area (Å²) in [7, 11) is 1.99. The molecule has 1 aromatic rings. The Morgan fingerprint density at radius 2 is 2.18 bits per heavy atom. The molecule has 1 aliphatic carbocycles. The van der Waals surface area contributed by atoms with Crippen molar-refractivity contribution in [2.24, 2.45) is 11.8 Å². The Kier molecular flexibility index (Phi) is 3.82. The third kappa shape index (κ3) is 3.28. The van der Waals surface area contributed by atoms with Gasteiger partial charge >= 0.3 is 0 Å². The van der Waals surface area contributed by atoms with Crippen molar-refractivity contribution in [3.63, 3.8) is 0 Å². The van der Waals surface area contributed by atoms with Gasteiger partial charge in [-0.25, -0.2) is 0 Å². The van der Waals surface area contributed by atoms with Crippen molar-refractivity contribution in [3.8, 4) is 0 Å². The van der Waals surface area contributed by atoms with Crippen molar-refractivity contribution >= 4 is 0 Å². The third-order valence-corrected chi connectivity index (χ3v) is 3.51. The van der Waals surface area contributed by atoms with Crippen LogP contribution >= 0.6 is 0 Å². The van der Waals surface area contributed by atoms with Gasteiger partial charge in [0, 0.05) is 18.4 Å². The van der Waals surface area contributed by atoms with E-state index in [4.69, 9.17) is 4.52 Å². The van der Waals surface area contributed by atoms with Crippen molar-refractivity contribution < 1.29 is 4.52 Å². The summed E-state index contributed by atoms with van der Waals surface area (Å²) in [5.41, 5.74) is 0. The second-order valence-corrected chi connectivity index (χ2v) is 5.69. The molecule has 1 fully saturated rings. The van der Waals surface area contributed by atoms with Crippen molar-refractivity contribution in [2.45, 2.75) is 52.0 Å². The van der Waals surface area contributed by atoms with E-state index in [2.05, 4.69) is 36.2 Å². The van der Waals surface area contributed by atoms with Crippen LogP contribution in [-0.2, 0) is 6.42 Å². The molecule has 0 radical (unpaired) electrons. The first-order valence-electron chi connectivity index (χ1n) is 6.60. The van der Waals surface area contributed by atoms with E-state index in [1.807, 2.05) is 7.05 Å². The van der Waals surface area contributed by atoms with Gasteiger partial charge in [-0.1, -0.05) is 25.9 Å². The molecule has 4 nitrogen and oxygen atoms in total. The van der Waals surface area contributed by atoms with Gasteiger partial charge in [0.2, 0.25) is 5.89 Å². The lowest BCUT2D eigenvalue weighted by atomic mass is 10.0. The van der Waals surface area contributed by atoms with Crippen molar-refractivity contribution in [2.75, 3.05) is 7.05 Å². The summed E-state index contributed by atoms with van der Waals surface area (Å²) in [4.78, 5) is 4.50. The maximum absolute atomic E-state index is 5.33. The SMILES string of the molecule is CNC(Cc1nc(C2CC2C)no1)CC(C)C. The summed E-state index contributed by atoms with van der Waals surface area (Å²) in [6.45, 7) is 6.70. The minimum absolute atomic E-state index is 0.430. The maximum atomic E-state index is 5.33. The van der Waals surface area contributed by atoms with Gasteiger partial charge in [0.05, 0.1) is 0 Å². The average Bonchev–Trinajstić information content (AvgIpc) is 2.82. The monoisotopic (exact) mass is 237 g/mol. The molecule has 0 saturated heterocycles. The Morgan fingerprint density at radius 3 is 2.71 bits per heavy atom. The molecule has 0 spiro atoms. The summed E-state index contributed by atoms with van der Waals surface area (Å²) in [6, 6.07) is 0.430. The predicted octanol–water partition coefficient (Wildman–Crippen LogP) is 2.37. The molecule has 3 unspecified atom stereocenters. The minimum Gasteiger partial charge on any atom is -0.339 e. The molecule has 1 aliphatic rings. The summed E-state index contributed by atoms with van der Waals surface area (Å²) >= 11 is 0. The summed E-state index contributed by atoms with van der Waals surface area (Å²) < 4.78 is 5.33. The number of nitrogens with one attached hydrogen (secondary N) is 1. The van der Waals surface area contributed by atoms with Crippen molar-refractivity contribution in [1.82, 2.24) is 15.5 Å². The highest BCUT2D eigenvalue weighted by molar-refractivity contribution is 5.07. The quantitative estimate of drug-likeness (QED) is 0.825. The number of likely N-dealkylation sites (N-methyl/N-ethyl adjacent to an activating group) is 1. The lowest BCUT2D eigenvalue weighted by molar-refractivity contribution is 0.342. The standard InChI is InChI=1S/C13H23N3O/c1-8(2)5-10(14-4)7-12-15-13(16-17-12)11-6-9(11)3/h8-11,14H,5-7H2,1-4H3. The molecule has 2 rings (SSSR count). The van der Waals surface area contributed by atoms with E-state index in [-0.39, 0.29) is 0 Å². The van der Waals surface area contributed by atoms with E-state index in [9.17, 15) is 0 Å². The highest BCUT2D eigenvalue weighted by Gasteiger charge is 2.38. The topological polar surface area (TPSA) is 51.0 Å². The molecular formula is C13H23N3O. The van der Waals surface area contributed by atoms with Gasteiger partial charge in [-0.2, -0.15) is 4.98 Å². The predicted molar refractivity (Wildman–Crippen MR) is 66.8 cm³/mol. The van der Waals surface area contributed by atoms with Crippen molar-refractivity contribution in [3.05, 3.63) is 11.7 Å². The molecule has 96 valence electrons. The highest BCUT2D eigenvalue weighted by atomic mass is 16.5. The third-order valence-electron chi connectivity index (χ3n) is 3.51. The molecule has 1 heterocycles. The fraction of sp³-hybridized carbons (Fsp3) is 0.846. The Morgan fingerprint density at radius 1 is 1.47 bits per heavy atom. The second kappa shape index (κ2) is 5.17. The second-order valence-electron chi connectivity index (χ2n) is 5.69. The van der Waals surface area contributed by atoms with Gasteiger partial charge in [0.15, 0.2) is 5.82 Å². The van der Waals surface area contributed by atoms with Crippen LogP contribution in [0.4, 0.5) is 0 Å². The van der Waals surface area contributed by atoms with Crippen LogP contribution in [0.2, 0.25) is 0 Å². The fourth-order valence-corrected chi connectivity index (χ4v) is 2.27. The molecule has 0 aliphatic heterocycles. The highest BCUT2D eigenvalue weighted by Crippen LogP contribution is 2.45. The molecule has 1 saturated carbocycles. The molecular weight excluding hydrogens is 214 g/mol. The largest absolute Gasteiger partial charge is 0.339 e. The summed E-state index contributed by atoms with van der Waals surface area (Å²) in [6.07, 6.45) is 3.18.